The van der Waals surface area contributed by atoms with Crippen molar-refractivity contribution in [3.8, 4) is 0 Å². The monoisotopic (exact) mass is 286 g/mol. The zero-order valence-corrected chi connectivity index (χ0v) is 8.72. The second-order valence-corrected chi connectivity index (χ2v) is 3.40. The van der Waals surface area contributed by atoms with E-state index in [4.69, 9.17) is 11.6 Å². The van der Waals surface area contributed by atoms with Crippen molar-refractivity contribution in [2.75, 3.05) is 0 Å². The van der Waals surface area contributed by atoms with Gasteiger partial charge >= 0.3 is 0 Å². The molecule has 76 valence electrons. The molecular formula is C6H2BrClF2N2O2. The molecule has 14 heavy (non-hydrogen) atoms. The molecule has 1 aromatic rings. The topological polar surface area (TPSA) is 56.0 Å². The Bertz CT molecular complexity index is 388. The van der Waals surface area contributed by atoms with Gasteiger partial charge in [0.15, 0.2) is 0 Å². The first kappa shape index (κ1) is 11.3. The van der Waals surface area contributed by atoms with E-state index in [1.54, 1.807) is 0 Å². The van der Waals surface area contributed by atoms with Crippen LogP contribution in [0.25, 0.3) is 0 Å². The summed E-state index contributed by atoms with van der Waals surface area (Å²) in [6.07, 6.45) is -2.92. The van der Waals surface area contributed by atoms with Crippen LogP contribution >= 0.6 is 27.5 Å². The van der Waals surface area contributed by atoms with Crippen molar-refractivity contribution in [1.82, 2.24) is 4.98 Å². The van der Waals surface area contributed by atoms with Crippen molar-refractivity contribution < 1.29 is 13.7 Å². The summed E-state index contributed by atoms with van der Waals surface area (Å²) in [6.45, 7) is 0. The zero-order chi connectivity index (χ0) is 10.9. The van der Waals surface area contributed by atoms with E-state index < -0.39 is 22.7 Å². The molecule has 0 amide bonds. The maximum absolute atomic E-state index is 12.3. The Labute approximate surface area is 90.2 Å². The first-order valence-electron chi connectivity index (χ1n) is 3.22. The number of hydrogen-bond acceptors (Lipinski definition) is 3. The van der Waals surface area contributed by atoms with Crippen LogP contribution in [0.15, 0.2) is 10.5 Å². The maximum atomic E-state index is 12.3. The van der Waals surface area contributed by atoms with Crippen molar-refractivity contribution in [3.63, 3.8) is 0 Å². The van der Waals surface area contributed by atoms with Crippen molar-refractivity contribution in [2.24, 2.45) is 0 Å². The van der Waals surface area contributed by atoms with E-state index in [1.165, 1.54) is 0 Å². The minimum Gasteiger partial charge on any atom is -0.258 e. The average Bonchev–Trinajstić information content (AvgIpc) is 2.07. The van der Waals surface area contributed by atoms with Crippen LogP contribution in [0.5, 0.6) is 0 Å². The molecular weight excluding hydrogens is 285 g/mol. The highest BCUT2D eigenvalue weighted by molar-refractivity contribution is 9.10. The molecule has 0 atom stereocenters. The third-order valence-corrected chi connectivity index (χ3v) is 2.34. The van der Waals surface area contributed by atoms with E-state index in [0.717, 1.165) is 6.07 Å². The highest BCUT2D eigenvalue weighted by atomic mass is 79.9. The van der Waals surface area contributed by atoms with Gasteiger partial charge in [-0.3, -0.25) is 10.1 Å². The van der Waals surface area contributed by atoms with Crippen LogP contribution in [0.2, 0.25) is 5.15 Å². The van der Waals surface area contributed by atoms with E-state index in [9.17, 15) is 18.9 Å². The number of hydrogen-bond donors (Lipinski definition) is 0. The summed E-state index contributed by atoms with van der Waals surface area (Å²) in [5, 5.41) is 10.1. The van der Waals surface area contributed by atoms with Gasteiger partial charge in [0.2, 0.25) is 0 Å². The lowest BCUT2D eigenvalue weighted by molar-refractivity contribution is -0.385. The van der Waals surface area contributed by atoms with Gasteiger partial charge in [0, 0.05) is 0 Å². The van der Waals surface area contributed by atoms with Crippen LogP contribution in [-0.2, 0) is 0 Å². The van der Waals surface area contributed by atoms with E-state index in [1.807, 2.05) is 0 Å². The summed E-state index contributed by atoms with van der Waals surface area (Å²) in [5.41, 5.74) is -1.26. The van der Waals surface area contributed by atoms with Crippen molar-refractivity contribution in [2.45, 2.75) is 6.43 Å². The normalized spacial score (nSPS) is 10.6. The molecule has 0 spiro atoms. The lowest BCUT2D eigenvalue weighted by Gasteiger charge is -2.03. The maximum Gasteiger partial charge on any atom is 0.288 e. The summed E-state index contributed by atoms with van der Waals surface area (Å²) in [7, 11) is 0. The molecule has 0 aromatic carbocycles. The molecule has 0 radical (unpaired) electrons. The van der Waals surface area contributed by atoms with Crippen molar-refractivity contribution in [1.29, 1.82) is 0 Å². The number of alkyl halides is 2. The van der Waals surface area contributed by atoms with E-state index in [0.29, 0.717) is 0 Å². The Morgan fingerprint density at radius 3 is 2.64 bits per heavy atom. The first-order chi connectivity index (χ1) is 6.43. The Kier molecular flexibility index (Phi) is 3.33. The zero-order valence-electron chi connectivity index (χ0n) is 6.38. The molecule has 8 heteroatoms. The largest absolute Gasteiger partial charge is 0.288 e. The number of pyridine rings is 1. The summed E-state index contributed by atoms with van der Waals surface area (Å²) < 4.78 is 24.2. The molecule has 0 aliphatic heterocycles. The van der Waals surface area contributed by atoms with Gasteiger partial charge in [-0.15, -0.1) is 0 Å². The molecule has 0 fully saturated rings. The highest BCUT2D eigenvalue weighted by Gasteiger charge is 2.23. The Hall–Kier alpha value is -0.820. The molecule has 0 bridgehead atoms. The minimum atomic E-state index is -2.92. The summed E-state index contributed by atoms with van der Waals surface area (Å²) >= 11 is 8.01. The smallest absolute Gasteiger partial charge is 0.258 e. The third-order valence-electron chi connectivity index (χ3n) is 1.34. The first-order valence-corrected chi connectivity index (χ1v) is 4.39. The third kappa shape index (κ3) is 2.16. The molecule has 0 saturated carbocycles. The van der Waals surface area contributed by atoms with Gasteiger partial charge in [-0.05, 0) is 15.9 Å². The second-order valence-electron chi connectivity index (χ2n) is 2.22. The molecule has 0 aliphatic rings. The van der Waals surface area contributed by atoms with Crippen LogP contribution in [0, 0.1) is 10.1 Å². The average molecular weight is 287 g/mol. The summed E-state index contributed by atoms with van der Waals surface area (Å²) in [5.74, 6) is 0. The van der Waals surface area contributed by atoms with E-state index in [2.05, 4.69) is 20.9 Å². The van der Waals surface area contributed by atoms with Crippen molar-refractivity contribution in [3.05, 3.63) is 31.5 Å². The fraction of sp³-hybridized carbons (Fsp3) is 0.167. The van der Waals surface area contributed by atoms with Crippen LogP contribution in [0.1, 0.15) is 12.1 Å². The van der Waals surface area contributed by atoms with E-state index >= 15 is 0 Å². The second kappa shape index (κ2) is 4.14. The minimum absolute atomic E-state index is 0.338. The number of rotatable bonds is 2. The lowest BCUT2D eigenvalue weighted by Crippen LogP contribution is -1.98. The SMILES string of the molecule is O=[N+]([O-])c1cc(Cl)nc(C(F)F)c1Br. The van der Waals surface area contributed by atoms with Crippen molar-refractivity contribution >= 4 is 33.2 Å². The predicted octanol–water partition coefficient (Wildman–Crippen LogP) is 3.34. The molecule has 4 nitrogen and oxygen atoms in total. The van der Waals surface area contributed by atoms with Crippen LogP contribution in [-0.4, -0.2) is 9.91 Å². The van der Waals surface area contributed by atoms with E-state index in [-0.39, 0.29) is 9.63 Å². The quantitative estimate of drug-likeness (QED) is 0.476. The Balaban J connectivity index is 3.40. The van der Waals surface area contributed by atoms with Crippen LogP contribution in [0.4, 0.5) is 14.5 Å². The molecule has 0 unspecified atom stereocenters. The molecule has 1 heterocycles. The van der Waals surface area contributed by atoms with Gasteiger partial charge in [-0.2, -0.15) is 0 Å². The standard InChI is InChI=1S/C6H2BrClF2N2O2/c7-4-2(12(13)14)1-3(8)11-5(4)6(9)10/h1,6H. The highest BCUT2D eigenvalue weighted by Crippen LogP contribution is 2.34. The van der Waals surface area contributed by atoms with Gasteiger partial charge in [0.05, 0.1) is 11.0 Å². The van der Waals surface area contributed by atoms with Crippen LogP contribution in [0.3, 0.4) is 0 Å². The molecule has 1 aromatic heterocycles. The number of nitrogens with zero attached hydrogens (tertiary/aromatic N) is 2. The predicted molar refractivity (Wildman–Crippen MR) is 48.6 cm³/mol. The summed E-state index contributed by atoms with van der Waals surface area (Å²) in [4.78, 5) is 12.9. The lowest BCUT2D eigenvalue weighted by atomic mass is 10.3. The molecule has 1 rings (SSSR count). The Morgan fingerprint density at radius 2 is 2.21 bits per heavy atom. The van der Waals surface area contributed by atoms with Gasteiger partial charge in [0.25, 0.3) is 12.1 Å². The van der Waals surface area contributed by atoms with Crippen LogP contribution < -0.4 is 0 Å². The number of aromatic nitrogens is 1. The molecule has 0 saturated heterocycles. The molecule has 0 N–H and O–H groups in total. The Morgan fingerprint density at radius 1 is 1.64 bits per heavy atom. The summed E-state index contributed by atoms with van der Waals surface area (Å²) in [6, 6.07) is 0.900. The van der Waals surface area contributed by atoms with Gasteiger partial charge in [-0.1, -0.05) is 11.6 Å². The van der Waals surface area contributed by atoms with Gasteiger partial charge in [0.1, 0.15) is 15.3 Å². The molecule has 0 aliphatic carbocycles. The van der Waals surface area contributed by atoms with Gasteiger partial charge in [-0.25, -0.2) is 13.8 Å². The fourth-order valence-electron chi connectivity index (χ4n) is 0.781. The number of nitro groups is 1. The fourth-order valence-corrected chi connectivity index (χ4v) is 1.50. The number of halogens is 4. The van der Waals surface area contributed by atoms with Gasteiger partial charge < -0.3 is 0 Å².